The average molecular weight is 687 g/mol. The fourth-order valence-electron chi connectivity index (χ4n) is 12.4. The Morgan fingerprint density at radius 1 is 0.980 bits per heavy atom. The van der Waals surface area contributed by atoms with E-state index in [-0.39, 0.29) is 21.7 Å². The van der Waals surface area contributed by atoms with E-state index >= 15 is 0 Å². The van der Waals surface area contributed by atoms with Gasteiger partial charge in [-0.15, -0.1) is 0 Å². The van der Waals surface area contributed by atoms with Gasteiger partial charge in [0.15, 0.2) is 0 Å². The molecular formula is C45H70N2O3. The molecule has 5 heteroatoms. The number of carbonyl (C=O) groups excluding carboxylic acids is 1. The van der Waals surface area contributed by atoms with Crippen molar-refractivity contribution in [2.45, 2.75) is 146 Å². The van der Waals surface area contributed by atoms with Crippen molar-refractivity contribution >= 4 is 17.4 Å². The molecule has 5 nitrogen and oxygen atoms in total. The van der Waals surface area contributed by atoms with Crippen molar-refractivity contribution in [1.29, 1.82) is 0 Å². The molecule has 8 unspecified atom stereocenters. The zero-order valence-corrected chi connectivity index (χ0v) is 33.3. The fourth-order valence-corrected chi connectivity index (χ4v) is 12.4. The third-order valence-corrected chi connectivity index (χ3v) is 15.5. The van der Waals surface area contributed by atoms with Crippen LogP contribution < -0.4 is 5.32 Å². The lowest BCUT2D eigenvalue weighted by atomic mass is 9.41. The minimum absolute atomic E-state index is 0.00916. The SMILES string of the molecule is C=C(C)C1CCC2(C(=O)NCCN(C(C)C)C(C)C)CCC3(C)C(CCCC3(C)CCC3C(C)CC=C(c4ccc(C(=O)O)cc4)C3(C)C)C12. The monoisotopic (exact) mass is 687 g/mol. The summed E-state index contributed by atoms with van der Waals surface area (Å²) < 4.78 is 0. The van der Waals surface area contributed by atoms with Gasteiger partial charge in [0, 0.05) is 25.2 Å². The van der Waals surface area contributed by atoms with Gasteiger partial charge in [0.2, 0.25) is 5.91 Å². The van der Waals surface area contributed by atoms with Gasteiger partial charge in [-0.2, -0.15) is 0 Å². The van der Waals surface area contributed by atoms with Crippen molar-refractivity contribution < 1.29 is 14.7 Å². The number of nitrogens with zero attached hydrogens (tertiary/aromatic N) is 1. The molecule has 2 N–H and O–H groups in total. The standard InChI is InChI=1S/C45H70N2O3/c1-29(2)35-20-24-45(41(50)46-27-28-47(30(3)4)31(5)6)26-25-44(11)38(39(35)45)13-12-22-43(44,10)23-21-36-32(7)14-19-37(42(36,8)9)33-15-17-34(18-16-33)40(48)49/h15-19,30-32,35-36,38-39H,1,12-14,20-28H2,2-11H3,(H,46,50)(H,48,49). The quantitative estimate of drug-likeness (QED) is 0.215. The van der Waals surface area contributed by atoms with Crippen molar-refractivity contribution in [2.75, 3.05) is 13.1 Å². The second-order valence-electron chi connectivity index (χ2n) is 18.9. The second kappa shape index (κ2) is 14.6. The summed E-state index contributed by atoms with van der Waals surface area (Å²) in [5.41, 5.74) is 4.27. The Labute approximate surface area is 305 Å². The van der Waals surface area contributed by atoms with Crippen molar-refractivity contribution in [2.24, 2.45) is 51.2 Å². The molecule has 0 heterocycles. The lowest BCUT2D eigenvalue weighted by Gasteiger charge is -2.63. The summed E-state index contributed by atoms with van der Waals surface area (Å²) >= 11 is 0. The number of aromatic carboxylic acids is 1. The van der Waals surface area contributed by atoms with E-state index in [1.807, 2.05) is 12.1 Å². The summed E-state index contributed by atoms with van der Waals surface area (Å²) in [6, 6.07) is 8.44. The maximum Gasteiger partial charge on any atom is 0.335 e. The number of hydrogen-bond acceptors (Lipinski definition) is 3. The molecule has 8 atom stereocenters. The predicted molar refractivity (Wildman–Crippen MR) is 208 cm³/mol. The van der Waals surface area contributed by atoms with Gasteiger partial charge in [0.1, 0.15) is 0 Å². The molecule has 4 aliphatic rings. The molecule has 3 fully saturated rings. The molecule has 1 aromatic carbocycles. The first-order valence-corrected chi connectivity index (χ1v) is 20.1. The van der Waals surface area contributed by atoms with E-state index in [4.69, 9.17) is 0 Å². The number of amides is 1. The largest absolute Gasteiger partial charge is 0.478 e. The first-order chi connectivity index (χ1) is 23.4. The molecule has 4 aliphatic carbocycles. The van der Waals surface area contributed by atoms with Crippen molar-refractivity contribution in [3.63, 3.8) is 0 Å². The molecule has 0 aromatic heterocycles. The van der Waals surface area contributed by atoms with Crippen molar-refractivity contribution in [1.82, 2.24) is 10.2 Å². The van der Waals surface area contributed by atoms with Gasteiger partial charge in [-0.05, 0) is 162 Å². The topological polar surface area (TPSA) is 69.6 Å². The van der Waals surface area contributed by atoms with Crippen LogP contribution in [0.25, 0.3) is 5.57 Å². The van der Waals surface area contributed by atoms with Crippen LogP contribution in [0.5, 0.6) is 0 Å². The number of nitrogens with one attached hydrogen (secondary N) is 1. The third kappa shape index (κ3) is 6.79. The molecule has 5 rings (SSSR count). The summed E-state index contributed by atoms with van der Waals surface area (Å²) in [6.45, 7) is 29.9. The highest BCUT2D eigenvalue weighted by Gasteiger charge is 2.66. The maximum atomic E-state index is 14.5. The molecular weight excluding hydrogens is 617 g/mol. The molecule has 50 heavy (non-hydrogen) atoms. The Kier molecular flexibility index (Phi) is 11.3. The van der Waals surface area contributed by atoms with E-state index in [0.717, 1.165) is 50.8 Å². The Bertz CT molecular complexity index is 1430. The van der Waals surface area contributed by atoms with Crippen LogP contribution in [0.1, 0.15) is 149 Å². The Morgan fingerprint density at radius 2 is 1.64 bits per heavy atom. The Hall–Kier alpha value is -2.40. The van der Waals surface area contributed by atoms with Crippen LogP contribution in [0.4, 0.5) is 0 Å². The van der Waals surface area contributed by atoms with Crippen LogP contribution in [0.2, 0.25) is 0 Å². The number of allylic oxidation sites excluding steroid dienone is 3. The number of carboxylic acid groups (broad SMARTS) is 1. The van der Waals surface area contributed by atoms with E-state index in [2.05, 4.69) is 92.1 Å². The number of carbonyl (C=O) groups is 2. The number of fused-ring (bicyclic) bond motifs is 3. The molecule has 0 bridgehead atoms. The van der Waals surface area contributed by atoms with Gasteiger partial charge in [0.05, 0.1) is 11.0 Å². The van der Waals surface area contributed by atoms with Gasteiger partial charge in [-0.1, -0.05) is 71.4 Å². The van der Waals surface area contributed by atoms with Crippen LogP contribution in [-0.4, -0.2) is 47.1 Å². The van der Waals surface area contributed by atoms with Gasteiger partial charge in [-0.3, -0.25) is 9.69 Å². The molecule has 0 aliphatic heterocycles. The van der Waals surface area contributed by atoms with Crippen molar-refractivity contribution in [3.8, 4) is 0 Å². The predicted octanol–water partition coefficient (Wildman–Crippen LogP) is 10.7. The number of hydrogen-bond donors (Lipinski definition) is 2. The van der Waals surface area contributed by atoms with E-state index in [9.17, 15) is 14.7 Å². The van der Waals surface area contributed by atoms with Crippen LogP contribution in [0, 0.1) is 51.2 Å². The van der Waals surface area contributed by atoms with Gasteiger partial charge in [0.25, 0.3) is 0 Å². The summed E-state index contributed by atoms with van der Waals surface area (Å²) in [5.74, 6) is 1.91. The first kappa shape index (κ1) is 38.8. The van der Waals surface area contributed by atoms with Gasteiger partial charge >= 0.3 is 5.97 Å². The summed E-state index contributed by atoms with van der Waals surface area (Å²) in [6.07, 6.45) is 13.9. The van der Waals surface area contributed by atoms with E-state index in [1.54, 1.807) is 12.1 Å². The minimum atomic E-state index is -0.875. The molecule has 0 radical (unpaired) electrons. The normalized spacial score (nSPS) is 35.1. The van der Waals surface area contributed by atoms with Gasteiger partial charge < -0.3 is 10.4 Å². The Balaban J connectivity index is 1.36. The van der Waals surface area contributed by atoms with Crippen LogP contribution >= 0.6 is 0 Å². The summed E-state index contributed by atoms with van der Waals surface area (Å²) in [7, 11) is 0. The van der Waals surface area contributed by atoms with Crippen LogP contribution in [0.15, 0.2) is 42.5 Å². The maximum absolute atomic E-state index is 14.5. The second-order valence-corrected chi connectivity index (χ2v) is 18.9. The highest BCUT2D eigenvalue weighted by Crippen LogP contribution is 2.71. The Morgan fingerprint density at radius 3 is 2.24 bits per heavy atom. The highest BCUT2D eigenvalue weighted by molar-refractivity contribution is 5.88. The minimum Gasteiger partial charge on any atom is -0.478 e. The summed E-state index contributed by atoms with van der Waals surface area (Å²) in [5, 5.41) is 13.0. The molecule has 1 aromatic rings. The highest BCUT2D eigenvalue weighted by atomic mass is 16.4. The number of rotatable bonds is 12. The molecule has 278 valence electrons. The molecule has 0 spiro atoms. The lowest BCUT2D eigenvalue weighted by molar-refractivity contribution is -0.163. The average Bonchev–Trinajstić information content (AvgIpc) is 3.44. The smallest absolute Gasteiger partial charge is 0.335 e. The van der Waals surface area contributed by atoms with E-state index in [1.165, 1.54) is 43.3 Å². The fraction of sp³-hybridized carbons (Fsp3) is 0.733. The van der Waals surface area contributed by atoms with Gasteiger partial charge in [-0.25, -0.2) is 4.79 Å². The van der Waals surface area contributed by atoms with E-state index < -0.39 is 5.97 Å². The lowest BCUT2D eigenvalue weighted by Crippen LogP contribution is -2.60. The van der Waals surface area contributed by atoms with Crippen LogP contribution in [-0.2, 0) is 4.79 Å². The molecule has 0 saturated heterocycles. The number of carboxylic acids is 1. The van der Waals surface area contributed by atoms with Crippen LogP contribution in [0.3, 0.4) is 0 Å². The summed E-state index contributed by atoms with van der Waals surface area (Å²) in [4.78, 5) is 28.5. The van der Waals surface area contributed by atoms with E-state index in [0.29, 0.717) is 53.1 Å². The number of benzene rings is 1. The first-order valence-electron chi connectivity index (χ1n) is 20.1. The molecule has 3 saturated carbocycles. The van der Waals surface area contributed by atoms with Crippen molar-refractivity contribution in [3.05, 3.63) is 53.6 Å². The zero-order chi connectivity index (χ0) is 36.8. The third-order valence-electron chi connectivity index (χ3n) is 15.5. The molecule has 1 amide bonds. The zero-order valence-electron chi connectivity index (χ0n) is 33.3.